The summed E-state index contributed by atoms with van der Waals surface area (Å²) in [6, 6.07) is 0. The maximum absolute atomic E-state index is 12.8. The van der Waals surface area contributed by atoms with Crippen molar-refractivity contribution in [3.05, 3.63) is 39.4 Å². The number of allylic oxidation sites excluding steroid dienone is 1. The van der Waals surface area contributed by atoms with Gasteiger partial charge in [-0.15, -0.1) is 0 Å². The van der Waals surface area contributed by atoms with E-state index >= 15 is 0 Å². The molecular formula is C17H21F3N2O. The number of aromatic nitrogens is 1. The summed E-state index contributed by atoms with van der Waals surface area (Å²) in [5.74, 6) is 0. The third kappa shape index (κ3) is 3.13. The molecule has 1 unspecified atom stereocenters. The van der Waals surface area contributed by atoms with Crippen molar-refractivity contribution < 1.29 is 18.3 Å². The second kappa shape index (κ2) is 6.00. The molecule has 0 saturated carbocycles. The number of aromatic amines is 1. The van der Waals surface area contributed by atoms with Gasteiger partial charge in [-0.05, 0) is 56.9 Å². The first-order valence-corrected chi connectivity index (χ1v) is 7.49. The number of nitrogens with zero attached hydrogens (tertiary/aromatic N) is 1. The molecule has 0 aliphatic carbocycles. The number of nitrogens with one attached hydrogen (secondary N) is 1. The summed E-state index contributed by atoms with van der Waals surface area (Å²) < 4.78 is 38.4. The summed E-state index contributed by atoms with van der Waals surface area (Å²) in [4.78, 5) is 7.46. The van der Waals surface area contributed by atoms with Crippen molar-refractivity contribution in [3.63, 3.8) is 0 Å². The quantitative estimate of drug-likeness (QED) is 0.857. The molecule has 1 atom stereocenters. The molecule has 1 aliphatic rings. The van der Waals surface area contributed by atoms with Gasteiger partial charge < -0.3 is 10.1 Å². The van der Waals surface area contributed by atoms with Gasteiger partial charge in [0.25, 0.3) is 0 Å². The lowest BCUT2D eigenvalue weighted by Gasteiger charge is -2.16. The van der Waals surface area contributed by atoms with Gasteiger partial charge in [-0.1, -0.05) is 6.92 Å². The maximum Gasteiger partial charge on any atom is 0.418 e. The van der Waals surface area contributed by atoms with E-state index < -0.39 is 12.3 Å². The Morgan fingerprint density at radius 2 is 1.83 bits per heavy atom. The summed E-state index contributed by atoms with van der Waals surface area (Å²) in [6.45, 7) is 9.05. The predicted octanol–water partition coefficient (Wildman–Crippen LogP) is 4.25. The Bertz CT molecular complexity index is 721. The van der Waals surface area contributed by atoms with Crippen molar-refractivity contribution in [3.8, 4) is 0 Å². The van der Waals surface area contributed by atoms with E-state index in [9.17, 15) is 18.3 Å². The number of aryl methyl sites for hydroxylation is 1. The summed E-state index contributed by atoms with van der Waals surface area (Å²) >= 11 is 0. The Hall–Kier alpha value is -1.82. The molecule has 23 heavy (non-hydrogen) atoms. The first-order chi connectivity index (χ1) is 10.6. The molecular weight excluding hydrogens is 305 g/mol. The van der Waals surface area contributed by atoms with E-state index in [2.05, 4.69) is 16.9 Å². The molecule has 0 radical (unpaired) electrons. The highest BCUT2D eigenvalue weighted by molar-refractivity contribution is 6.04. The van der Waals surface area contributed by atoms with E-state index in [1.54, 1.807) is 13.0 Å². The van der Waals surface area contributed by atoms with Crippen LogP contribution in [0.2, 0.25) is 0 Å². The third-order valence-corrected chi connectivity index (χ3v) is 4.32. The molecule has 0 fully saturated rings. The summed E-state index contributed by atoms with van der Waals surface area (Å²) in [7, 11) is 0. The van der Waals surface area contributed by atoms with Gasteiger partial charge in [-0.3, -0.25) is 4.99 Å². The van der Waals surface area contributed by atoms with E-state index in [1.165, 1.54) is 12.5 Å². The van der Waals surface area contributed by atoms with Crippen molar-refractivity contribution in [2.45, 2.75) is 53.3 Å². The first-order valence-electron chi connectivity index (χ1n) is 7.49. The number of H-pyrrole nitrogens is 1. The molecule has 2 rings (SSSR count). The number of aliphatic imine (C=N–C) groups is 1. The van der Waals surface area contributed by atoms with Gasteiger partial charge in [0.2, 0.25) is 0 Å². The van der Waals surface area contributed by atoms with Crippen LogP contribution < -0.4 is 0 Å². The van der Waals surface area contributed by atoms with Crippen molar-refractivity contribution in [1.29, 1.82) is 0 Å². The van der Waals surface area contributed by atoms with Crippen LogP contribution in [0.1, 0.15) is 43.3 Å². The van der Waals surface area contributed by atoms with E-state index in [4.69, 9.17) is 0 Å². The highest BCUT2D eigenvalue weighted by atomic mass is 19.4. The fourth-order valence-electron chi connectivity index (χ4n) is 3.07. The maximum atomic E-state index is 12.8. The molecule has 0 saturated heterocycles. The lowest BCUT2D eigenvalue weighted by atomic mass is 9.99. The standard InChI is InChI=1S/C17H21F3N2O/c1-6-12-8(2)13(21-10(12)4)7-14-9(3)15(11(5)22-14)16(23)17(18,19)20/h7,16,21,23H,6H2,1-5H3/b14-7-. The zero-order valence-electron chi connectivity index (χ0n) is 13.9. The van der Waals surface area contributed by atoms with Gasteiger partial charge in [-0.25, -0.2) is 0 Å². The van der Waals surface area contributed by atoms with E-state index in [-0.39, 0.29) is 11.3 Å². The van der Waals surface area contributed by atoms with E-state index in [0.29, 0.717) is 11.3 Å². The Labute approximate surface area is 133 Å². The average molecular weight is 326 g/mol. The number of hydrogen-bond acceptors (Lipinski definition) is 2. The van der Waals surface area contributed by atoms with Crippen LogP contribution in [-0.4, -0.2) is 28.1 Å². The molecule has 1 aliphatic heterocycles. The van der Waals surface area contributed by atoms with Crippen molar-refractivity contribution in [2.75, 3.05) is 0 Å². The highest BCUT2D eigenvalue weighted by Crippen LogP contribution is 2.35. The number of aliphatic hydroxyl groups excluding tert-OH is 1. The normalized spacial score (nSPS) is 18.8. The number of hydrogen-bond donors (Lipinski definition) is 2. The molecule has 3 nitrogen and oxygen atoms in total. The van der Waals surface area contributed by atoms with Gasteiger partial charge in [0.05, 0.1) is 5.70 Å². The van der Waals surface area contributed by atoms with Crippen LogP contribution in [0.3, 0.4) is 0 Å². The van der Waals surface area contributed by atoms with Crippen molar-refractivity contribution in [1.82, 2.24) is 4.98 Å². The molecule has 2 heterocycles. The Kier molecular flexibility index (Phi) is 4.57. The van der Waals surface area contributed by atoms with Gasteiger partial charge in [0, 0.05) is 22.7 Å². The summed E-state index contributed by atoms with van der Waals surface area (Å²) in [5.41, 5.74) is 5.02. The van der Waals surface area contributed by atoms with Crippen LogP contribution in [0, 0.1) is 13.8 Å². The summed E-state index contributed by atoms with van der Waals surface area (Å²) in [5, 5.41) is 9.55. The lowest BCUT2D eigenvalue weighted by molar-refractivity contribution is -0.189. The number of halogens is 3. The minimum Gasteiger partial charge on any atom is -0.379 e. The van der Waals surface area contributed by atoms with Crippen LogP contribution in [0.5, 0.6) is 0 Å². The van der Waals surface area contributed by atoms with Gasteiger partial charge in [0.15, 0.2) is 6.10 Å². The molecule has 126 valence electrons. The molecule has 0 bridgehead atoms. The van der Waals surface area contributed by atoms with Crippen molar-refractivity contribution in [2.24, 2.45) is 4.99 Å². The fraction of sp³-hybridized carbons (Fsp3) is 0.471. The van der Waals surface area contributed by atoms with Gasteiger partial charge in [-0.2, -0.15) is 13.2 Å². The lowest BCUT2D eigenvalue weighted by Crippen LogP contribution is -2.32. The van der Waals surface area contributed by atoms with Crippen LogP contribution in [0.25, 0.3) is 6.08 Å². The highest BCUT2D eigenvalue weighted by Gasteiger charge is 2.43. The number of rotatable bonds is 3. The molecule has 6 heteroatoms. The monoisotopic (exact) mass is 326 g/mol. The molecule has 0 aromatic carbocycles. The molecule has 0 spiro atoms. The second-order valence-electron chi connectivity index (χ2n) is 5.83. The predicted molar refractivity (Wildman–Crippen MR) is 85.5 cm³/mol. The SMILES string of the molecule is CCc1c(C)[nH]c(/C=C2\N=C(C)C(C(O)C(F)(F)F)=C2C)c1C. The van der Waals surface area contributed by atoms with Crippen molar-refractivity contribution >= 4 is 11.8 Å². The topological polar surface area (TPSA) is 48.4 Å². The molecule has 2 N–H and O–H groups in total. The molecule has 1 aromatic rings. The van der Waals surface area contributed by atoms with Crippen LogP contribution in [0.4, 0.5) is 13.2 Å². The summed E-state index contributed by atoms with van der Waals surface area (Å²) in [6.07, 6.45) is -4.57. The smallest absolute Gasteiger partial charge is 0.379 e. The fourth-order valence-corrected chi connectivity index (χ4v) is 3.07. The largest absolute Gasteiger partial charge is 0.418 e. The number of alkyl halides is 3. The van der Waals surface area contributed by atoms with E-state index in [0.717, 1.165) is 23.4 Å². The zero-order valence-corrected chi connectivity index (χ0v) is 13.9. The van der Waals surface area contributed by atoms with Gasteiger partial charge in [0.1, 0.15) is 0 Å². The number of aliphatic hydroxyl groups is 1. The molecule has 0 amide bonds. The zero-order chi connectivity index (χ0) is 17.5. The Morgan fingerprint density at radius 1 is 1.22 bits per heavy atom. The molecule has 1 aromatic heterocycles. The Morgan fingerprint density at radius 3 is 2.30 bits per heavy atom. The average Bonchev–Trinajstić information content (AvgIpc) is 2.86. The Balaban J connectivity index is 2.49. The minimum atomic E-state index is -4.70. The minimum absolute atomic E-state index is 0.152. The third-order valence-electron chi connectivity index (χ3n) is 4.32. The second-order valence-corrected chi connectivity index (χ2v) is 5.83. The van der Waals surface area contributed by atoms with Gasteiger partial charge >= 0.3 is 6.18 Å². The van der Waals surface area contributed by atoms with Crippen LogP contribution >= 0.6 is 0 Å². The van der Waals surface area contributed by atoms with E-state index in [1.807, 2.05) is 13.8 Å². The van der Waals surface area contributed by atoms with Crippen LogP contribution in [-0.2, 0) is 6.42 Å². The van der Waals surface area contributed by atoms with Crippen LogP contribution in [0.15, 0.2) is 21.8 Å². The first kappa shape index (κ1) is 17.5.